The Balaban J connectivity index is 2.51. The number of ether oxygens (including phenoxy) is 3. The van der Waals surface area contributed by atoms with Crippen molar-refractivity contribution < 1.29 is 33.7 Å². The van der Waals surface area contributed by atoms with Crippen molar-refractivity contribution in [3.05, 3.63) is 34.0 Å². The van der Waals surface area contributed by atoms with E-state index in [1.807, 2.05) is 0 Å². The highest BCUT2D eigenvalue weighted by Gasteiger charge is 2.33. The van der Waals surface area contributed by atoms with Crippen molar-refractivity contribution >= 4 is 29.6 Å². The fraction of sp³-hybridized carbons (Fsp3) is 0.312. The van der Waals surface area contributed by atoms with Crippen LogP contribution in [0.1, 0.15) is 18.5 Å². The number of esters is 1. The first-order chi connectivity index (χ1) is 12.3. The maximum absolute atomic E-state index is 12.1. The van der Waals surface area contributed by atoms with Crippen molar-refractivity contribution in [2.45, 2.75) is 13.0 Å². The number of halogens is 1. The second-order valence-electron chi connectivity index (χ2n) is 5.28. The number of methoxy groups -OCH3 is 2. The van der Waals surface area contributed by atoms with Crippen LogP contribution in [0.4, 0.5) is 4.79 Å². The Kier molecular flexibility index (Phi) is 5.93. The quantitative estimate of drug-likeness (QED) is 0.636. The van der Waals surface area contributed by atoms with E-state index in [-0.39, 0.29) is 22.1 Å². The monoisotopic (exact) mass is 384 g/mol. The number of carbonyl (C=O) groups excluding carboxylic acids is 2. The zero-order chi connectivity index (χ0) is 19.4. The molecule has 0 saturated carbocycles. The summed E-state index contributed by atoms with van der Waals surface area (Å²) in [6.45, 7) is 0.965. The largest absolute Gasteiger partial charge is 0.493 e. The summed E-state index contributed by atoms with van der Waals surface area (Å²) in [7, 11) is 2.58. The van der Waals surface area contributed by atoms with Crippen LogP contribution in [0.15, 0.2) is 23.4 Å². The highest BCUT2D eigenvalue weighted by atomic mass is 35.5. The molecule has 2 rings (SSSR count). The molecule has 1 heterocycles. The summed E-state index contributed by atoms with van der Waals surface area (Å²) in [6.07, 6.45) is 0. The van der Waals surface area contributed by atoms with Crippen LogP contribution in [0, 0.1) is 0 Å². The van der Waals surface area contributed by atoms with Crippen LogP contribution in [0.25, 0.3) is 0 Å². The minimum Gasteiger partial charge on any atom is -0.493 e. The topological polar surface area (TPSA) is 123 Å². The summed E-state index contributed by atoms with van der Waals surface area (Å²) >= 11 is 6.19. The maximum atomic E-state index is 12.1. The molecule has 0 radical (unpaired) electrons. The molecule has 140 valence electrons. The molecule has 0 unspecified atom stereocenters. The number of nitrogens with one attached hydrogen (secondary N) is 2. The zero-order valence-corrected chi connectivity index (χ0v) is 15.0. The Labute approximate surface area is 153 Å². The normalized spacial score (nSPS) is 16.5. The Morgan fingerprint density at radius 3 is 2.58 bits per heavy atom. The van der Waals surface area contributed by atoms with E-state index in [0.717, 1.165) is 0 Å². The Morgan fingerprint density at radius 1 is 1.31 bits per heavy atom. The SMILES string of the molecule is COC(=O)C1=C(C)NC(=O)N[C@@H]1c1cc(Cl)c(OCC(=O)O)c(OC)c1. The zero-order valence-electron chi connectivity index (χ0n) is 14.2. The van der Waals surface area contributed by atoms with Gasteiger partial charge in [0.15, 0.2) is 18.1 Å². The average molecular weight is 385 g/mol. The summed E-state index contributed by atoms with van der Waals surface area (Å²) in [5, 5.41) is 13.9. The van der Waals surface area contributed by atoms with Crippen LogP contribution in [-0.4, -0.2) is 43.9 Å². The number of amides is 2. The van der Waals surface area contributed by atoms with E-state index >= 15 is 0 Å². The Bertz CT molecular complexity index is 791. The Hall–Kier alpha value is -2.94. The van der Waals surface area contributed by atoms with Crippen LogP contribution < -0.4 is 20.1 Å². The van der Waals surface area contributed by atoms with E-state index in [1.165, 1.54) is 26.4 Å². The van der Waals surface area contributed by atoms with E-state index in [2.05, 4.69) is 10.6 Å². The van der Waals surface area contributed by atoms with E-state index in [4.69, 9.17) is 30.9 Å². The molecule has 2 amide bonds. The second-order valence-corrected chi connectivity index (χ2v) is 5.69. The molecule has 0 fully saturated rings. The van der Waals surface area contributed by atoms with Crippen LogP contribution >= 0.6 is 11.6 Å². The molecule has 1 aliphatic rings. The van der Waals surface area contributed by atoms with Crippen molar-refractivity contribution in [1.82, 2.24) is 10.6 Å². The second kappa shape index (κ2) is 7.96. The third-order valence-corrected chi connectivity index (χ3v) is 3.88. The van der Waals surface area contributed by atoms with Crippen molar-refractivity contribution in [1.29, 1.82) is 0 Å². The molecule has 0 bridgehead atoms. The van der Waals surface area contributed by atoms with E-state index in [9.17, 15) is 14.4 Å². The van der Waals surface area contributed by atoms with Gasteiger partial charge >= 0.3 is 18.0 Å². The maximum Gasteiger partial charge on any atom is 0.341 e. The molecule has 1 aliphatic heterocycles. The molecule has 26 heavy (non-hydrogen) atoms. The predicted octanol–water partition coefficient (Wildman–Crippen LogP) is 1.61. The number of carboxylic acids is 1. The van der Waals surface area contributed by atoms with Crippen molar-refractivity contribution in [3.8, 4) is 11.5 Å². The van der Waals surface area contributed by atoms with Gasteiger partial charge in [0.05, 0.1) is 30.9 Å². The number of benzene rings is 1. The van der Waals surface area contributed by atoms with Gasteiger partial charge < -0.3 is 30.0 Å². The van der Waals surface area contributed by atoms with E-state index in [0.29, 0.717) is 11.3 Å². The van der Waals surface area contributed by atoms with Gasteiger partial charge in [-0.2, -0.15) is 0 Å². The average Bonchev–Trinajstić information content (AvgIpc) is 2.58. The van der Waals surface area contributed by atoms with Gasteiger partial charge in [0, 0.05) is 5.70 Å². The fourth-order valence-corrected chi connectivity index (χ4v) is 2.78. The fourth-order valence-electron chi connectivity index (χ4n) is 2.50. The molecule has 9 nitrogen and oxygen atoms in total. The Morgan fingerprint density at radius 2 is 2.00 bits per heavy atom. The molecule has 10 heteroatoms. The number of rotatable bonds is 6. The summed E-state index contributed by atoms with van der Waals surface area (Å²) in [4.78, 5) is 34.7. The number of carboxylic acid groups (broad SMARTS) is 1. The van der Waals surface area contributed by atoms with Gasteiger partial charge in [-0.25, -0.2) is 14.4 Å². The van der Waals surface area contributed by atoms with Gasteiger partial charge in [-0.05, 0) is 24.6 Å². The van der Waals surface area contributed by atoms with Gasteiger partial charge in [0.2, 0.25) is 0 Å². The first-order valence-corrected chi connectivity index (χ1v) is 7.74. The molecule has 3 N–H and O–H groups in total. The van der Waals surface area contributed by atoms with Gasteiger partial charge in [0.1, 0.15) is 0 Å². The van der Waals surface area contributed by atoms with Crippen molar-refractivity contribution in [3.63, 3.8) is 0 Å². The first kappa shape index (κ1) is 19.4. The number of carbonyl (C=O) groups is 3. The van der Waals surface area contributed by atoms with Gasteiger partial charge in [-0.15, -0.1) is 0 Å². The van der Waals surface area contributed by atoms with Gasteiger partial charge in [-0.3, -0.25) is 0 Å². The molecular weight excluding hydrogens is 368 g/mol. The lowest BCUT2D eigenvalue weighted by Gasteiger charge is -2.28. The van der Waals surface area contributed by atoms with Crippen LogP contribution in [-0.2, 0) is 14.3 Å². The standard InChI is InChI=1S/C16H17ClN2O7/c1-7-12(15(22)25-3)13(19-16(23)18-7)8-4-9(17)14(10(5-8)24-2)26-6-11(20)21/h4-5,13H,6H2,1-3H3,(H,20,21)(H2,18,19,23)/t13-/m1/s1. The van der Waals surface area contributed by atoms with Crippen LogP contribution in [0.5, 0.6) is 11.5 Å². The lowest BCUT2D eigenvalue weighted by molar-refractivity contribution is -0.139. The predicted molar refractivity (Wildman–Crippen MR) is 90.3 cm³/mol. The minimum absolute atomic E-state index is 0.0425. The number of allylic oxidation sites excluding steroid dienone is 1. The van der Waals surface area contributed by atoms with E-state index < -0.39 is 30.6 Å². The molecule has 0 aromatic heterocycles. The summed E-state index contributed by atoms with van der Waals surface area (Å²) < 4.78 is 15.1. The molecule has 1 aromatic carbocycles. The number of urea groups is 1. The lowest BCUT2D eigenvalue weighted by Crippen LogP contribution is -2.45. The molecule has 0 saturated heterocycles. The summed E-state index contributed by atoms with van der Waals surface area (Å²) in [5.74, 6) is -1.60. The molecule has 1 aromatic rings. The molecule has 0 spiro atoms. The highest BCUT2D eigenvalue weighted by molar-refractivity contribution is 6.32. The minimum atomic E-state index is -1.18. The molecule has 0 aliphatic carbocycles. The number of hydrogen-bond acceptors (Lipinski definition) is 6. The third-order valence-electron chi connectivity index (χ3n) is 3.60. The van der Waals surface area contributed by atoms with Crippen molar-refractivity contribution in [2.24, 2.45) is 0 Å². The summed E-state index contributed by atoms with van der Waals surface area (Å²) in [6, 6.07) is 1.61. The van der Waals surface area contributed by atoms with E-state index in [1.54, 1.807) is 6.92 Å². The lowest BCUT2D eigenvalue weighted by atomic mass is 9.95. The first-order valence-electron chi connectivity index (χ1n) is 7.37. The smallest absolute Gasteiger partial charge is 0.341 e. The van der Waals surface area contributed by atoms with Gasteiger partial charge in [0.25, 0.3) is 0 Å². The molecular formula is C16H17ClN2O7. The third kappa shape index (κ3) is 3.99. The highest BCUT2D eigenvalue weighted by Crippen LogP contribution is 2.40. The van der Waals surface area contributed by atoms with Crippen molar-refractivity contribution in [2.75, 3.05) is 20.8 Å². The van der Waals surface area contributed by atoms with Crippen LogP contribution in [0.2, 0.25) is 5.02 Å². The van der Waals surface area contributed by atoms with Crippen LogP contribution in [0.3, 0.4) is 0 Å². The summed E-state index contributed by atoms with van der Waals surface area (Å²) in [5.41, 5.74) is 0.973. The number of aliphatic carboxylic acids is 1. The molecule has 1 atom stereocenters. The van der Waals surface area contributed by atoms with Gasteiger partial charge in [-0.1, -0.05) is 11.6 Å². The number of hydrogen-bond donors (Lipinski definition) is 3.